The normalized spacial score (nSPS) is 10.6. The van der Waals surface area contributed by atoms with E-state index < -0.39 is 22.5 Å². The van der Waals surface area contributed by atoms with E-state index in [-0.39, 0.29) is 16.9 Å². The standard InChI is InChI=1S/C15H10F2N2O3/c16-11-6-7-12(17)13(9-11)18-15(20)8-5-10-3-1-2-4-14(10)19(21)22/h1-9H,(H,18,20)/b8-5+. The van der Waals surface area contributed by atoms with Gasteiger partial charge in [-0.1, -0.05) is 12.1 Å². The topological polar surface area (TPSA) is 72.2 Å². The van der Waals surface area contributed by atoms with Gasteiger partial charge in [-0.2, -0.15) is 0 Å². The molecule has 5 nitrogen and oxygen atoms in total. The highest BCUT2D eigenvalue weighted by molar-refractivity contribution is 6.02. The number of para-hydroxylation sites is 1. The third-order valence-corrected chi connectivity index (χ3v) is 2.73. The lowest BCUT2D eigenvalue weighted by Crippen LogP contribution is -2.09. The highest BCUT2D eigenvalue weighted by Gasteiger charge is 2.10. The number of nitro groups is 1. The van der Waals surface area contributed by atoms with Gasteiger partial charge in [0.1, 0.15) is 11.6 Å². The molecule has 2 aromatic rings. The van der Waals surface area contributed by atoms with Crippen LogP contribution in [0.25, 0.3) is 6.08 Å². The summed E-state index contributed by atoms with van der Waals surface area (Å²) >= 11 is 0. The Labute approximate surface area is 124 Å². The van der Waals surface area contributed by atoms with Gasteiger partial charge >= 0.3 is 0 Å². The van der Waals surface area contributed by atoms with Gasteiger partial charge < -0.3 is 5.32 Å². The maximum absolute atomic E-state index is 13.4. The molecule has 0 aliphatic heterocycles. The summed E-state index contributed by atoms with van der Waals surface area (Å²) in [7, 11) is 0. The smallest absolute Gasteiger partial charge is 0.276 e. The Bertz CT molecular complexity index is 760. The van der Waals surface area contributed by atoms with Crippen LogP contribution in [-0.4, -0.2) is 10.8 Å². The minimum atomic E-state index is -0.783. The molecule has 0 saturated carbocycles. The zero-order valence-corrected chi connectivity index (χ0v) is 11.1. The highest BCUT2D eigenvalue weighted by atomic mass is 19.1. The fraction of sp³-hybridized carbons (Fsp3) is 0. The van der Waals surface area contributed by atoms with Crippen molar-refractivity contribution in [3.8, 4) is 0 Å². The van der Waals surface area contributed by atoms with Crippen molar-refractivity contribution in [1.29, 1.82) is 0 Å². The summed E-state index contributed by atoms with van der Waals surface area (Å²) in [4.78, 5) is 21.9. The number of hydrogen-bond donors (Lipinski definition) is 1. The summed E-state index contributed by atoms with van der Waals surface area (Å²) < 4.78 is 26.3. The molecule has 0 aromatic heterocycles. The summed E-state index contributed by atoms with van der Waals surface area (Å²) in [6.07, 6.45) is 2.23. The summed E-state index contributed by atoms with van der Waals surface area (Å²) in [5, 5.41) is 13.0. The fourth-order valence-electron chi connectivity index (χ4n) is 1.73. The Balaban J connectivity index is 2.15. The first kappa shape index (κ1) is 15.3. The first-order chi connectivity index (χ1) is 10.5. The van der Waals surface area contributed by atoms with Crippen molar-refractivity contribution in [3.63, 3.8) is 0 Å². The van der Waals surface area contributed by atoms with Crippen molar-refractivity contribution in [2.45, 2.75) is 0 Å². The number of benzene rings is 2. The molecule has 0 spiro atoms. The third-order valence-electron chi connectivity index (χ3n) is 2.73. The SMILES string of the molecule is O=C(/C=C/c1ccccc1[N+](=O)[O-])Nc1cc(F)ccc1F. The minimum Gasteiger partial charge on any atom is -0.320 e. The minimum absolute atomic E-state index is 0.163. The molecule has 2 rings (SSSR count). The molecule has 1 N–H and O–H groups in total. The zero-order chi connectivity index (χ0) is 16.1. The second-order valence-electron chi connectivity index (χ2n) is 4.26. The molecule has 0 heterocycles. The molecule has 1 amide bonds. The van der Waals surface area contributed by atoms with E-state index in [2.05, 4.69) is 5.32 Å². The third kappa shape index (κ3) is 3.72. The predicted octanol–water partition coefficient (Wildman–Crippen LogP) is 3.52. The molecule has 0 bridgehead atoms. The van der Waals surface area contributed by atoms with Gasteiger partial charge in [0, 0.05) is 18.2 Å². The number of nitrogens with one attached hydrogen (secondary N) is 1. The van der Waals surface area contributed by atoms with Gasteiger partial charge in [0.2, 0.25) is 5.91 Å². The molecule has 22 heavy (non-hydrogen) atoms. The van der Waals surface area contributed by atoms with Crippen LogP contribution >= 0.6 is 0 Å². The number of nitrogens with zero attached hydrogens (tertiary/aromatic N) is 1. The van der Waals surface area contributed by atoms with E-state index in [0.29, 0.717) is 0 Å². The van der Waals surface area contributed by atoms with Crippen LogP contribution in [0.1, 0.15) is 5.56 Å². The summed E-state index contributed by atoms with van der Waals surface area (Å²) in [6.45, 7) is 0. The van der Waals surface area contributed by atoms with Crippen molar-refractivity contribution >= 4 is 23.4 Å². The second-order valence-corrected chi connectivity index (χ2v) is 4.26. The van der Waals surface area contributed by atoms with Gasteiger partial charge in [0.15, 0.2) is 0 Å². The van der Waals surface area contributed by atoms with E-state index in [1.807, 2.05) is 0 Å². The van der Waals surface area contributed by atoms with Crippen LogP contribution in [0, 0.1) is 21.7 Å². The molecule has 0 saturated heterocycles. The van der Waals surface area contributed by atoms with E-state index in [0.717, 1.165) is 24.3 Å². The molecule has 2 aromatic carbocycles. The Morgan fingerprint density at radius 3 is 2.64 bits per heavy atom. The maximum atomic E-state index is 13.4. The summed E-state index contributed by atoms with van der Waals surface area (Å²) in [5.41, 5.74) is -0.247. The monoisotopic (exact) mass is 304 g/mol. The quantitative estimate of drug-likeness (QED) is 0.533. The molecule has 0 radical (unpaired) electrons. The van der Waals surface area contributed by atoms with E-state index in [4.69, 9.17) is 0 Å². The van der Waals surface area contributed by atoms with Crippen LogP contribution in [0.5, 0.6) is 0 Å². The fourth-order valence-corrected chi connectivity index (χ4v) is 1.73. The van der Waals surface area contributed by atoms with Crippen LogP contribution in [0.4, 0.5) is 20.2 Å². The Morgan fingerprint density at radius 1 is 1.18 bits per heavy atom. The number of carbonyl (C=O) groups excluding carboxylic acids is 1. The number of amides is 1. The summed E-state index contributed by atoms with van der Waals surface area (Å²) in [6, 6.07) is 8.49. The van der Waals surface area contributed by atoms with Crippen molar-refractivity contribution in [3.05, 3.63) is 75.9 Å². The lowest BCUT2D eigenvalue weighted by molar-refractivity contribution is -0.385. The molecule has 7 heteroatoms. The van der Waals surface area contributed by atoms with Crippen molar-refractivity contribution < 1.29 is 18.5 Å². The largest absolute Gasteiger partial charge is 0.320 e. The maximum Gasteiger partial charge on any atom is 0.276 e. The van der Waals surface area contributed by atoms with E-state index in [1.54, 1.807) is 6.07 Å². The van der Waals surface area contributed by atoms with Crippen molar-refractivity contribution in [2.75, 3.05) is 5.32 Å². The van der Waals surface area contributed by atoms with Gasteiger partial charge in [0.25, 0.3) is 5.69 Å². The average Bonchev–Trinajstić information content (AvgIpc) is 2.49. The van der Waals surface area contributed by atoms with Crippen LogP contribution < -0.4 is 5.32 Å². The zero-order valence-electron chi connectivity index (χ0n) is 11.1. The van der Waals surface area contributed by atoms with E-state index >= 15 is 0 Å². The van der Waals surface area contributed by atoms with Gasteiger partial charge in [0.05, 0.1) is 16.2 Å². The molecule has 0 unspecified atom stereocenters. The first-order valence-corrected chi connectivity index (χ1v) is 6.15. The van der Waals surface area contributed by atoms with Crippen LogP contribution in [0.3, 0.4) is 0 Å². The van der Waals surface area contributed by atoms with Crippen LogP contribution in [-0.2, 0) is 4.79 Å². The van der Waals surface area contributed by atoms with Crippen LogP contribution in [0.15, 0.2) is 48.5 Å². The molecule has 0 aliphatic rings. The first-order valence-electron chi connectivity index (χ1n) is 6.15. The molecular formula is C15H10F2N2O3. The number of halogens is 2. The lowest BCUT2D eigenvalue weighted by Gasteiger charge is -2.03. The van der Waals surface area contributed by atoms with Gasteiger partial charge in [-0.05, 0) is 24.3 Å². The Morgan fingerprint density at radius 2 is 1.91 bits per heavy atom. The Kier molecular flexibility index (Phi) is 4.57. The molecular weight excluding hydrogens is 294 g/mol. The second kappa shape index (κ2) is 6.57. The molecule has 112 valence electrons. The number of anilines is 1. The van der Waals surface area contributed by atoms with E-state index in [9.17, 15) is 23.7 Å². The Hall–Kier alpha value is -3.09. The van der Waals surface area contributed by atoms with E-state index in [1.165, 1.54) is 24.3 Å². The van der Waals surface area contributed by atoms with Gasteiger partial charge in [-0.25, -0.2) is 8.78 Å². The van der Waals surface area contributed by atoms with Crippen molar-refractivity contribution in [2.24, 2.45) is 0 Å². The van der Waals surface area contributed by atoms with Crippen molar-refractivity contribution in [1.82, 2.24) is 0 Å². The molecule has 0 fully saturated rings. The molecule has 0 atom stereocenters. The van der Waals surface area contributed by atoms with Gasteiger partial charge in [-0.15, -0.1) is 0 Å². The average molecular weight is 304 g/mol. The number of carbonyl (C=O) groups is 1. The number of nitro benzene ring substituents is 1. The van der Waals surface area contributed by atoms with Crippen LogP contribution in [0.2, 0.25) is 0 Å². The number of hydrogen-bond acceptors (Lipinski definition) is 3. The summed E-state index contributed by atoms with van der Waals surface area (Å²) in [5.74, 6) is -2.21. The number of rotatable bonds is 4. The molecule has 0 aliphatic carbocycles. The lowest BCUT2D eigenvalue weighted by atomic mass is 10.1. The highest BCUT2D eigenvalue weighted by Crippen LogP contribution is 2.19. The van der Waals surface area contributed by atoms with Gasteiger partial charge in [-0.3, -0.25) is 14.9 Å². The predicted molar refractivity (Wildman–Crippen MR) is 77.1 cm³/mol.